The van der Waals surface area contributed by atoms with E-state index in [9.17, 15) is 9.59 Å². The Kier molecular flexibility index (Phi) is 8.84. The molecule has 1 aliphatic carbocycles. The summed E-state index contributed by atoms with van der Waals surface area (Å²) in [6.07, 6.45) is 4.23. The molecule has 2 aromatic heterocycles. The number of benzene rings is 2. The molecular weight excluding hydrogens is 553 g/mol. The number of thiazole rings is 1. The minimum Gasteiger partial charge on any atom is -0.444 e. The van der Waals surface area contributed by atoms with Gasteiger partial charge < -0.3 is 19.9 Å². The van der Waals surface area contributed by atoms with Crippen LogP contribution in [0.15, 0.2) is 42.6 Å². The summed E-state index contributed by atoms with van der Waals surface area (Å²) < 4.78 is 23.8. The van der Waals surface area contributed by atoms with Crippen LogP contribution in [0.3, 0.4) is 0 Å². The van der Waals surface area contributed by atoms with Crippen molar-refractivity contribution in [2.24, 2.45) is 0 Å². The number of carbonyl (C=O) groups excluding carboxylic acids is 2. The number of hydrogen-bond donors (Lipinski definition) is 1. The number of imidazole rings is 1. The van der Waals surface area contributed by atoms with Gasteiger partial charge in [0.05, 0.1) is 15.9 Å². The Bertz CT molecular complexity index is 1580. The number of nitrogens with one attached hydrogen (secondary N) is 1. The van der Waals surface area contributed by atoms with Crippen molar-refractivity contribution in [1.29, 1.82) is 0 Å². The number of nitrogens with zero attached hydrogens (tertiary/aromatic N) is 4. The monoisotopic (exact) mass is 593 g/mol. The first-order valence-corrected chi connectivity index (χ1v) is 15.6. The van der Waals surface area contributed by atoms with Gasteiger partial charge in [-0.2, -0.15) is 0 Å². The first-order chi connectivity index (χ1) is 20.1. The molecule has 8 nitrogen and oxygen atoms in total. The lowest BCUT2D eigenvalue weighted by Gasteiger charge is -2.27. The molecule has 0 saturated heterocycles. The fourth-order valence-electron chi connectivity index (χ4n) is 5.03. The van der Waals surface area contributed by atoms with Crippen LogP contribution >= 0.6 is 11.3 Å². The van der Waals surface area contributed by atoms with E-state index in [1.807, 2.05) is 55.6 Å². The van der Waals surface area contributed by atoms with Crippen LogP contribution in [0.2, 0.25) is 0 Å². The molecule has 10 heteroatoms. The van der Waals surface area contributed by atoms with Gasteiger partial charge in [0.1, 0.15) is 11.4 Å². The number of fused-ring (bicyclic) bond motifs is 3. The van der Waals surface area contributed by atoms with Crippen LogP contribution in [-0.4, -0.2) is 69.0 Å². The van der Waals surface area contributed by atoms with Gasteiger partial charge in [0.25, 0.3) is 5.91 Å². The Hall–Kier alpha value is -3.50. The van der Waals surface area contributed by atoms with Crippen molar-refractivity contribution >= 4 is 38.5 Å². The summed E-state index contributed by atoms with van der Waals surface area (Å²) in [7, 11) is 0. The van der Waals surface area contributed by atoms with Crippen molar-refractivity contribution in [3.05, 3.63) is 59.5 Å². The summed E-state index contributed by atoms with van der Waals surface area (Å²) in [5.74, 6) is -0.472. The molecule has 0 atom stereocenters. The smallest absolute Gasteiger partial charge is 0.410 e. The first kappa shape index (κ1) is 30.0. The van der Waals surface area contributed by atoms with Gasteiger partial charge in [-0.1, -0.05) is 31.3 Å². The third kappa shape index (κ3) is 6.93. The molecule has 0 unspecified atom stereocenters. The van der Waals surface area contributed by atoms with E-state index in [1.54, 1.807) is 11.0 Å². The van der Waals surface area contributed by atoms with Gasteiger partial charge >= 0.3 is 6.09 Å². The van der Waals surface area contributed by atoms with E-state index in [-0.39, 0.29) is 23.9 Å². The summed E-state index contributed by atoms with van der Waals surface area (Å²) in [5.41, 5.74) is 2.59. The minimum absolute atomic E-state index is 0.0859. The Morgan fingerprint density at radius 2 is 1.90 bits per heavy atom. The molecule has 1 N–H and O–H groups in total. The molecule has 0 spiro atoms. The summed E-state index contributed by atoms with van der Waals surface area (Å²) in [6.45, 7) is 13.7. The molecule has 0 radical (unpaired) electrons. The third-order valence-corrected chi connectivity index (χ3v) is 8.48. The van der Waals surface area contributed by atoms with E-state index in [0.29, 0.717) is 35.5 Å². The molecule has 2 heterocycles. The van der Waals surface area contributed by atoms with Crippen molar-refractivity contribution in [2.75, 3.05) is 26.2 Å². The molecule has 224 valence electrons. The zero-order valence-electron chi connectivity index (χ0n) is 25.1. The topological polar surface area (TPSA) is 79.2 Å². The quantitative estimate of drug-likeness (QED) is 0.196. The maximum absolute atomic E-state index is 15.4. The fourth-order valence-corrected chi connectivity index (χ4v) is 6.08. The molecular formula is C32H40FN5O3S. The predicted molar refractivity (Wildman–Crippen MR) is 166 cm³/mol. The van der Waals surface area contributed by atoms with Gasteiger partial charge in [0, 0.05) is 36.5 Å². The number of aromatic nitrogens is 2. The average molecular weight is 594 g/mol. The van der Waals surface area contributed by atoms with Crippen LogP contribution in [0, 0.1) is 5.82 Å². The van der Waals surface area contributed by atoms with E-state index in [4.69, 9.17) is 9.72 Å². The highest BCUT2D eigenvalue weighted by Crippen LogP contribution is 2.33. The SMILES string of the molecule is CCN(CC)CCCNC(=O)c1ccc2c(c1)sc1nc(-c3ccc(CN(C(=O)OC(C)(C)C)C4CC4)cc3F)cn12. The van der Waals surface area contributed by atoms with Crippen molar-refractivity contribution < 1.29 is 18.7 Å². The predicted octanol–water partition coefficient (Wildman–Crippen LogP) is 6.72. The first-order valence-electron chi connectivity index (χ1n) is 14.8. The van der Waals surface area contributed by atoms with E-state index >= 15 is 4.39 Å². The van der Waals surface area contributed by atoms with Crippen molar-refractivity contribution in [1.82, 2.24) is 24.5 Å². The molecule has 0 bridgehead atoms. The highest BCUT2D eigenvalue weighted by atomic mass is 32.1. The number of amides is 2. The molecule has 1 fully saturated rings. The number of carbonyl (C=O) groups is 2. The van der Waals surface area contributed by atoms with Crippen LogP contribution in [0.4, 0.5) is 9.18 Å². The van der Waals surface area contributed by atoms with E-state index in [2.05, 4.69) is 24.1 Å². The minimum atomic E-state index is -0.587. The van der Waals surface area contributed by atoms with Crippen LogP contribution in [0.25, 0.3) is 26.4 Å². The van der Waals surface area contributed by atoms with Crippen molar-refractivity contribution in [3.63, 3.8) is 0 Å². The zero-order chi connectivity index (χ0) is 30.0. The molecule has 1 aliphatic rings. The Labute approximate surface area is 250 Å². The van der Waals surface area contributed by atoms with Gasteiger partial charge in [0.2, 0.25) is 0 Å². The van der Waals surface area contributed by atoms with Crippen LogP contribution in [0.5, 0.6) is 0 Å². The summed E-state index contributed by atoms with van der Waals surface area (Å²) in [6, 6.07) is 10.8. The summed E-state index contributed by atoms with van der Waals surface area (Å²) in [4.78, 5) is 34.9. The van der Waals surface area contributed by atoms with Gasteiger partial charge in [0.15, 0.2) is 4.96 Å². The Morgan fingerprint density at radius 3 is 2.57 bits per heavy atom. The second kappa shape index (κ2) is 12.4. The Balaban J connectivity index is 1.28. The molecule has 5 rings (SSSR count). The third-order valence-electron chi connectivity index (χ3n) is 7.47. The van der Waals surface area contributed by atoms with Gasteiger partial charge in [-0.25, -0.2) is 14.2 Å². The summed E-state index contributed by atoms with van der Waals surface area (Å²) >= 11 is 1.47. The van der Waals surface area contributed by atoms with Crippen molar-refractivity contribution in [2.45, 2.75) is 72.1 Å². The highest BCUT2D eigenvalue weighted by Gasteiger charge is 2.35. The lowest BCUT2D eigenvalue weighted by atomic mass is 10.1. The standard InChI is InChI=1S/C32H40FN5O3S/c1-6-36(7-2)16-8-15-34-29(39)22-10-14-27-28(18-22)42-30-35-26(20-38(27)30)24-13-9-21(17-25(24)33)19-37(23-11-12-23)31(40)41-32(3,4)5/h9-10,13-14,17-18,20,23H,6-8,11-12,15-16,19H2,1-5H3,(H,34,39). The molecule has 2 amide bonds. The fraction of sp³-hybridized carbons (Fsp3) is 0.469. The van der Waals surface area contributed by atoms with Gasteiger partial charge in [-0.15, -0.1) is 0 Å². The second-order valence-electron chi connectivity index (χ2n) is 11.9. The second-order valence-corrected chi connectivity index (χ2v) is 12.9. The molecule has 4 aromatic rings. The normalized spacial score (nSPS) is 13.7. The highest BCUT2D eigenvalue weighted by molar-refractivity contribution is 7.23. The lowest BCUT2D eigenvalue weighted by Crippen LogP contribution is -2.37. The molecule has 1 saturated carbocycles. The van der Waals surface area contributed by atoms with E-state index < -0.39 is 5.60 Å². The van der Waals surface area contributed by atoms with Crippen LogP contribution < -0.4 is 5.32 Å². The largest absolute Gasteiger partial charge is 0.444 e. The Morgan fingerprint density at radius 1 is 1.14 bits per heavy atom. The molecule has 0 aliphatic heterocycles. The van der Waals surface area contributed by atoms with Gasteiger partial charge in [-0.3, -0.25) is 9.20 Å². The summed E-state index contributed by atoms with van der Waals surface area (Å²) in [5, 5.41) is 3.02. The molecule has 2 aromatic carbocycles. The lowest BCUT2D eigenvalue weighted by molar-refractivity contribution is 0.0216. The number of hydrogen-bond acceptors (Lipinski definition) is 6. The van der Waals surface area contributed by atoms with Gasteiger partial charge in [-0.05, 0) is 95.6 Å². The van der Waals surface area contributed by atoms with E-state index in [1.165, 1.54) is 17.4 Å². The maximum atomic E-state index is 15.4. The number of halogens is 1. The number of rotatable bonds is 11. The average Bonchev–Trinajstić information content (AvgIpc) is 3.61. The zero-order valence-corrected chi connectivity index (χ0v) is 25.9. The van der Waals surface area contributed by atoms with E-state index in [0.717, 1.165) is 54.1 Å². The van der Waals surface area contributed by atoms with Crippen LogP contribution in [-0.2, 0) is 11.3 Å². The molecule has 42 heavy (non-hydrogen) atoms. The van der Waals surface area contributed by atoms with Crippen molar-refractivity contribution in [3.8, 4) is 11.3 Å². The van der Waals surface area contributed by atoms with Crippen LogP contribution in [0.1, 0.15) is 69.8 Å². The maximum Gasteiger partial charge on any atom is 0.410 e. The number of ether oxygens (including phenoxy) is 1.